The molecule has 0 aliphatic carbocycles. The monoisotopic (exact) mass is 343 g/mol. The van der Waals surface area contributed by atoms with Crippen molar-refractivity contribution in [1.29, 1.82) is 0 Å². The van der Waals surface area contributed by atoms with Crippen molar-refractivity contribution in [3.63, 3.8) is 0 Å². The molecule has 0 heterocycles. The van der Waals surface area contributed by atoms with Crippen molar-refractivity contribution < 1.29 is 19.7 Å². The zero-order valence-electron chi connectivity index (χ0n) is 15.0. The predicted octanol–water partition coefficient (Wildman–Crippen LogP) is 3.34. The largest absolute Gasteiger partial charge is 0.504 e. The smallest absolute Gasteiger partial charge is 0.343 e. The van der Waals surface area contributed by atoms with Gasteiger partial charge in [-0.25, -0.2) is 4.79 Å². The summed E-state index contributed by atoms with van der Waals surface area (Å²) in [6, 6.07) is 11.6. The lowest BCUT2D eigenvalue weighted by Crippen LogP contribution is -2.38. The number of phenolic OH excluding ortho intramolecular Hbond substituents is 1. The molecule has 0 aromatic heterocycles. The molecule has 1 unspecified atom stereocenters. The molecule has 2 rings (SSSR count). The van der Waals surface area contributed by atoms with Crippen LogP contribution in [0, 0.1) is 6.92 Å². The number of aryl methyl sites for hydroxylation is 1. The minimum absolute atomic E-state index is 0.0613. The van der Waals surface area contributed by atoms with Crippen LogP contribution in [-0.2, 0) is 0 Å². The Morgan fingerprint density at radius 3 is 2.52 bits per heavy atom. The first-order valence-electron chi connectivity index (χ1n) is 8.20. The third-order valence-corrected chi connectivity index (χ3v) is 3.65. The van der Waals surface area contributed by atoms with Crippen molar-refractivity contribution >= 4 is 5.97 Å². The molecule has 2 aromatic rings. The van der Waals surface area contributed by atoms with Crippen LogP contribution >= 0.6 is 0 Å². The molecule has 25 heavy (non-hydrogen) atoms. The van der Waals surface area contributed by atoms with Crippen LogP contribution in [0.15, 0.2) is 42.5 Å². The third-order valence-electron chi connectivity index (χ3n) is 3.65. The van der Waals surface area contributed by atoms with Crippen LogP contribution in [0.5, 0.6) is 11.5 Å². The van der Waals surface area contributed by atoms with Gasteiger partial charge in [0.1, 0.15) is 0 Å². The molecule has 0 aliphatic heterocycles. The fraction of sp³-hybridized carbons (Fsp3) is 0.350. The second-order valence-corrected chi connectivity index (χ2v) is 7.13. The molecule has 5 heteroatoms. The molecular weight excluding hydrogens is 318 g/mol. The number of hydrogen-bond acceptors (Lipinski definition) is 5. The predicted molar refractivity (Wildman–Crippen MR) is 97.0 cm³/mol. The second-order valence-electron chi connectivity index (χ2n) is 7.13. The number of β-amino-alcohol motifs (C(OH)–C–C–N with tert-alkyl or cyclic N) is 1. The Balaban J connectivity index is 2.07. The molecule has 0 saturated carbocycles. The summed E-state index contributed by atoms with van der Waals surface area (Å²) in [6.45, 7) is 8.25. The number of aromatic hydroxyl groups is 1. The number of carbonyl (C=O) groups excluding carboxylic acids is 1. The van der Waals surface area contributed by atoms with Crippen LogP contribution in [0.2, 0.25) is 0 Å². The number of phenols is 1. The molecule has 0 amide bonds. The minimum Gasteiger partial charge on any atom is -0.504 e. The van der Waals surface area contributed by atoms with E-state index in [1.807, 2.05) is 33.8 Å². The lowest BCUT2D eigenvalue weighted by molar-refractivity contribution is 0.0729. The number of hydrogen-bond donors (Lipinski definition) is 3. The fourth-order valence-electron chi connectivity index (χ4n) is 2.28. The number of aliphatic hydroxyl groups excluding tert-OH is 1. The van der Waals surface area contributed by atoms with E-state index in [9.17, 15) is 15.0 Å². The highest BCUT2D eigenvalue weighted by Crippen LogP contribution is 2.30. The van der Waals surface area contributed by atoms with Gasteiger partial charge in [-0.15, -0.1) is 0 Å². The Morgan fingerprint density at radius 2 is 1.92 bits per heavy atom. The number of esters is 1. The van der Waals surface area contributed by atoms with E-state index in [0.717, 1.165) is 5.56 Å². The van der Waals surface area contributed by atoms with Gasteiger partial charge >= 0.3 is 5.97 Å². The Hall–Kier alpha value is -2.37. The van der Waals surface area contributed by atoms with E-state index in [2.05, 4.69) is 5.32 Å². The van der Waals surface area contributed by atoms with Crippen LogP contribution in [0.1, 0.15) is 48.4 Å². The summed E-state index contributed by atoms with van der Waals surface area (Å²) in [7, 11) is 0. The quantitative estimate of drug-likeness (QED) is 0.573. The topological polar surface area (TPSA) is 78.8 Å². The first kappa shape index (κ1) is 19.0. The normalized spacial score (nSPS) is 12.7. The molecule has 134 valence electrons. The number of ether oxygens (including phenoxy) is 1. The molecule has 2 aromatic carbocycles. The zero-order chi connectivity index (χ0) is 18.6. The highest BCUT2D eigenvalue weighted by Gasteiger charge is 2.17. The third kappa shape index (κ3) is 5.59. The minimum atomic E-state index is -0.772. The summed E-state index contributed by atoms with van der Waals surface area (Å²) in [5.41, 5.74) is 1.79. The highest BCUT2D eigenvalue weighted by molar-refractivity contribution is 5.91. The molecule has 3 N–H and O–H groups in total. The van der Waals surface area contributed by atoms with Crippen molar-refractivity contribution in [1.82, 2.24) is 5.32 Å². The molecule has 1 atom stereocenters. The first-order chi connectivity index (χ1) is 11.7. The van der Waals surface area contributed by atoms with E-state index in [1.54, 1.807) is 24.3 Å². The van der Waals surface area contributed by atoms with Gasteiger partial charge in [0.25, 0.3) is 0 Å². The van der Waals surface area contributed by atoms with Crippen LogP contribution in [0.4, 0.5) is 0 Å². The van der Waals surface area contributed by atoms with Crippen molar-refractivity contribution in [2.45, 2.75) is 39.3 Å². The highest BCUT2D eigenvalue weighted by atomic mass is 16.5. The Morgan fingerprint density at radius 1 is 1.20 bits per heavy atom. The summed E-state index contributed by atoms with van der Waals surface area (Å²) in [5, 5.41) is 23.5. The van der Waals surface area contributed by atoms with E-state index < -0.39 is 12.1 Å². The molecule has 0 aliphatic rings. The van der Waals surface area contributed by atoms with E-state index in [-0.39, 0.29) is 17.0 Å². The molecule has 0 bridgehead atoms. The fourth-order valence-corrected chi connectivity index (χ4v) is 2.28. The maximum Gasteiger partial charge on any atom is 0.343 e. The van der Waals surface area contributed by atoms with E-state index >= 15 is 0 Å². The van der Waals surface area contributed by atoms with Gasteiger partial charge < -0.3 is 20.3 Å². The number of rotatable bonds is 5. The number of benzene rings is 2. The van der Waals surface area contributed by atoms with Crippen molar-refractivity contribution in [2.24, 2.45) is 0 Å². The van der Waals surface area contributed by atoms with Crippen LogP contribution < -0.4 is 10.1 Å². The maximum absolute atomic E-state index is 12.2. The standard InChI is InChI=1S/C20H25NO4/c1-13-6-5-7-15(10-13)19(24)25-18-9-8-14(11-16(18)22)17(23)12-21-20(2,3)4/h5-11,17,21-23H,12H2,1-4H3. The zero-order valence-corrected chi connectivity index (χ0v) is 15.0. The molecule has 0 radical (unpaired) electrons. The van der Waals surface area contributed by atoms with Gasteiger partial charge in [-0.3, -0.25) is 0 Å². The first-order valence-corrected chi connectivity index (χ1v) is 8.20. The molecule has 0 spiro atoms. The van der Waals surface area contributed by atoms with Crippen molar-refractivity contribution in [3.8, 4) is 11.5 Å². The van der Waals surface area contributed by atoms with Gasteiger partial charge in [0, 0.05) is 12.1 Å². The number of carbonyl (C=O) groups is 1. The summed E-state index contributed by atoms with van der Waals surface area (Å²) in [6.07, 6.45) is -0.772. The lowest BCUT2D eigenvalue weighted by Gasteiger charge is -2.23. The Bertz CT molecular complexity index is 750. The summed E-state index contributed by atoms with van der Waals surface area (Å²) >= 11 is 0. The van der Waals surface area contributed by atoms with Gasteiger partial charge in [-0.1, -0.05) is 23.8 Å². The van der Waals surface area contributed by atoms with Gasteiger partial charge in [0.05, 0.1) is 11.7 Å². The number of nitrogens with one attached hydrogen (secondary N) is 1. The van der Waals surface area contributed by atoms with Crippen LogP contribution in [0.25, 0.3) is 0 Å². The lowest BCUT2D eigenvalue weighted by atomic mass is 10.1. The van der Waals surface area contributed by atoms with E-state index in [4.69, 9.17) is 4.74 Å². The Labute approximate surface area is 148 Å². The average molecular weight is 343 g/mol. The second kappa shape index (κ2) is 7.68. The molecular formula is C20H25NO4. The van der Waals surface area contributed by atoms with Gasteiger partial charge in [0.15, 0.2) is 11.5 Å². The van der Waals surface area contributed by atoms with Gasteiger partial charge in [0.2, 0.25) is 0 Å². The van der Waals surface area contributed by atoms with Crippen LogP contribution in [0.3, 0.4) is 0 Å². The molecule has 0 saturated heterocycles. The van der Waals surface area contributed by atoms with Crippen molar-refractivity contribution in [2.75, 3.05) is 6.54 Å². The maximum atomic E-state index is 12.2. The molecule has 5 nitrogen and oxygen atoms in total. The summed E-state index contributed by atoms with van der Waals surface area (Å²) in [5.74, 6) is -0.666. The summed E-state index contributed by atoms with van der Waals surface area (Å²) in [4.78, 5) is 12.2. The van der Waals surface area contributed by atoms with Crippen molar-refractivity contribution in [3.05, 3.63) is 59.2 Å². The average Bonchev–Trinajstić information content (AvgIpc) is 2.53. The Kier molecular flexibility index (Phi) is 5.82. The van der Waals surface area contributed by atoms with E-state index in [0.29, 0.717) is 17.7 Å². The van der Waals surface area contributed by atoms with E-state index in [1.165, 1.54) is 12.1 Å². The number of aliphatic hydroxyl groups is 1. The van der Waals surface area contributed by atoms with Gasteiger partial charge in [-0.05, 0) is 57.5 Å². The van der Waals surface area contributed by atoms with Crippen LogP contribution in [-0.4, -0.2) is 28.3 Å². The summed E-state index contributed by atoms with van der Waals surface area (Å²) < 4.78 is 5.25. The van der Waals surface area contributed by atoms with Gasteiger partial charge in [-0.2, -0.15) is 0 Å². The molecule has 0 fully saturated rings. The SMILES string of the molecule is Cc1cccc(C(=O)Oc2ccc(C(O)CNC(C)(C)C)cc2O)c1.